The Kier molecular flexibility index (Phi) is 6.41. The molecule has 3 aromatic rings. The molecule has 168 valence electrons. The van der Waals surface area contributed by atoms with Gasteiger partial charge in [-0.25, -0.2) is 4.79 Å². The number of aromatic nitrogens is 1. The van der Waals surface area contributed by atoms with Crippen molar-refractivity contribution in [3.63, 3.8) is 0 Å². The number of fused-ring (bicyclic) bond motifs is 1. The van der Waals surface area contributed by atoms with Gasteiger partial charge in [0, 0.05) is 27.0 Å². The van der Waals surface area contributed by atoms with Crippen molar-refractivity contribution in [3.8, 4) is 11.1 Å². The number of anilines is 1. The summed E-state index contributed by atoms with van der Waals surface area (Å²) in [5.74, 6) is -1.46. The molecule has 2 heterocycles. The minimum atomic E-state index is -0.924. The maximum atomic E-state index is 12.7. The summed E-state index contributed by atoms with van der Waals surface area (Å²) in [6, 6.07) is 10.5. The first-order valence-electron chi connectivity index (χ1n) is 10.6. The maximum absolute atomic E-state index is 12.7. The fourth-order valence-corrected chi connectivity index (χ4v) is 5.93. The quantitative estimate of drug-likeness (QED) is 0.350. The summed E-state index contributed by atoms with van der Waals surface area (Å²) < 4.78 is 1.92. The first-order valence-corrected chi connectivity index (χ1v) is 11.8. The molecule has 1 aliphatic rings. The lowest BCUT2D eigenvalue weighted by Gasteiger charge is -2.11. The van der Waals surface area contributed by atoms with Crippen LogP contribution in [0.15, 0.2) is 35.9 Å². The molecule has 8 heteroatoms. The van der Waals surface area contributed by atoms with Crippen molar-refractivity contribution in [3.05, 3.63) is 73.9 Å². The molecule has 0 saturated carbocycles. The SMILES string of the molecule is Cc1cc(/C=C(/C#N)C(=O)Nc2cccc(Cl)c2)c(C)n1-c1sc2c(c1C(=O)O)CCCC2. The molecule has 6 nitrogen and oxygen atoms in total. The monoisotopic (exact) mass is 479 g/mol. The number of nitriles is 1. The van der Waals surface area contributed by atoms with Gasteiger partial charge in [-0.05, 0) is 81.0 Å². The second kappa shape index (κ2) is 9.26. The molecule has 0 saturated heterocycles. The number of carbonyl (C=O) groups is 2. The molecule has 0 atom stereocenters. The van der Waals surface area contributed by atoms with Gasteiger partial charge >= 0.3 is 5.97 Å². The van der Waals surface area contributed by atoms with Crippen LogP contribution >= 0.6 is 22.9 Å². The summed E-state index contributed by atoms with van der Waals surface area (Å²) >= 11 is 7.49. The highest BCUT2D eigenvalue weighted by atomic mass is 35.5. The lowest BCUT2D eigenvalue weighted by molar-refractivity contribution is -0.112. The van der Waals surface area contributed by atoms with Crippen molar-refractivity contribution in [2.45, 2.75) is 39.5 Å². The lowest BCUT2D eigenvalue weighted by atomic mass is 9.95. The summed E-state index contributed by atoms with van der Waals surface area (Å²) in [6.45, 7) is 3.76. The Balaban J connectivity index is 1.73. The molecule has 1 amide bonds. The Morgan fingerprint density at radius 2 is 2.00 bits per heavy atom. The van der Waals surface area contributed by atoms with Crippen LogP contribution in [0.4, 0.5) is 5.69 Å². The molecule has 0 unspecified atom stereocenters. The van der Waals surface area contributed by atoms with E-state index in [9.17, 15) is 20.0 Å². The number of halogens is 1. The molecular weight excluding hydrogens is 458 g/mol. The molecule has 1 aliphatic carbocycles. The van der Waals surface area contributed by atoms with E-state index in [2.05, 4.69) is 5.32 Å². The number of rotatable bonds is 5. The molecule has 0 radical (unpaired) electrons. The van der Waals surface area contributed by atoms with E-state index in [1.807, 2.05) is 30.6 Å². The molecular formula is C25H22ClN3O3S. The molecule has 2 N–H and O–H groups in total. The number of carbonyl (C=O) groups excluding carboxylic acids is 1. The number of carboxylic acids is 1. The van der Waals surface area contributed by atoms with Crippen molar-refractivity contribution in [2.75, 3.05) is 5.32 Å². The fourth-order valence-electron chi connectivity index (χ4n) is 4.24. The molecule has 2 aromatic heterocycles. The third-order valence-corrected chi connectivity index (χ3v) is 7.30. The van der Waals surface area contributed by atoms with Gasteiger partial charge in [-0.1, -0.05) is 17.7 Å². The molecule has 0 fully saturated rings. The summed E-state index contributed by atoms with van der Waals surface area (Å²) in [7, 11) is 0. The zero-order chi connectivity index (χ0) is 23.7. The van der Waals surface area contributed by atoms with E-state index in [0.717, 1.165) is 47.5 Å². The van der Waals surface area contributed by atoms with Gasteiger partial charge in [0.25, 0.3) is 5.91 Å². The van der Waals surface area contributed by atoms with Gasteiger partial charge in [0.2, 0.25) is 0 Å². The molecule has 1 aromatic carbocycles. The third-order valence-electron chi connectivity index (χ3n) is 5.79. The molecule has 0 bridgehead atoms. The van der Waals surface area contributed by atoms with Crippen molar-refractivity contribution < 1.29 is 14.7 Å². The summed E-state index contributed by atoms with van der Waals surface area (Å²) in [4.78, 5) is 26.0. The van der Waals surface area contributed by atoms with Gasteiger partial charge in [-0.3, -0.25) is 4.79 Å². The van der Waals surface area contributed by atoms with E-state index in [0.29, 0.717) is 26.8 Å². The third kappa shape index (κ3) is 4.45. The van der Waals surface area contributed by atoms with Crippen LogP contribution in [0, 0.1) is 25.2 Å². The second-order valence-electron chi connectivity index (χ2n) is 7.99. The number of aryl methyl sites for hydroxylation is 2. The number of nitrogens with one attached hydrogen (secondary N) is 1. The van der Waals surface area contributed by atoms with Gasteiger partial charge < -0.3 is 15.0 Å². The zero-order valence-corrected chi connectivity index (χ0v) is 19.8. The number of aromatic carboxylic acids is 1. The highest BCUT2D eigenvalue weighted by Gasteiger charge is 2.27. The van der Waals surface area contributed by atoms with Gasteiger partial charge in [0.1, 0.15) is 16.6 Å². The van der Waals surface area contributed by atoms with Gasteiger partial charge in [-0.15, -0.1) is 11.3 Å². The largest absolute Gasteiger partial charge is 0.478 e. The molecule has 33 heavy (non-hydrogen) atoms. The summed E-state index contributed by atoms with van der Waals surface area (Å²) in [6.07, 6.45) is 5.27. The smallest absolute Gasteiger partial charge is 0.339 e. The number of thiophene rings is 1. The minimum absolute atomic E-state index is 0.0563. The topological polar surface area (TPSA) is 95.1 Å². The zero-order valence-electron chi connectivity index (χ0n) is 18.2. The van der Waals surface area contributed by atoms with E-state index in [1.54, 1.807) is 24.3 Å². The number of carboxylic acid groups (broad SMARTS) is 1. The fraction of sp³-hybridized carbons (Fsp3) is 0.240. The van der Waals surface area contributed by atoms with Gasteiger partial charge in [-0.2, -0.15) is 5.26 Å². The standard InChI is InChI=1S/C25H22ClN3O3S/c1-14-10-16(11-17(13-27)23(30)28-19-7-5-6-18(26)12-19)15(2)29(14)24-22(25(31)32)20-8-3-4-9-21(20)33-24/h5-7,10-12H,3-4,8-9H2,1-2H3,(H,28,30)(H,31,32)/b17-11-. The number of hydrogen-bond donors (Lipinski definition) is 2. The summed E-state index contributed by atoms with van der Waals surface area (Å²) in [5, 5.41) is 23.4. The Morgan fingerprint density at radius 3 is 2.70 bits per heavy atom. The van der Waals surface area contributed by atoms with Crippen LogP contribution in [-0.4, -0.2) is 21.6 Å². The van der Waals surface area contributed by atoms with Crippen LogP contribution < -0.4 is 5.32 Å². The molecule has 0 aliphatic heterocycles. The Hall–Kier alpha value is -3.34. The number of benzene rings is 1. The highest BCUT2D eigenvalue weighted by Crippen LogP contribution is 2.39. The highest BCUT2D eigenvalue weighted by molar-refractivity contribution is 7.15. The van der Waals surface area contributed by atoms with Gasteiger partial charge in [0.15, 0.2) is 0 Å². The first-order chi connectivity index (χ1) is 15.8. The van der Waals surface area contributed by atoms with Crippen LogP contribution in [-0.2, 0) is 17.6 Å². The van der Waals surface area contributed by atoms with Crippen LogP contribution in [0.5, 0.6) is 0 Å². The van der Waals surface area contributed by atoms with Gasteiger partial charge in [0.05, 0.1) is 5.56 Å². The van der Waals surface area contributed by atoms with E-state index in [1.165, 1.54) is 17.4 Å². The van der Waals surface area contributed by atoms with Crippen LogP contribution in [0.2, 0.25) is 5.02 Å². The molecule has 4 rings (SSSR count). The van der Waals surface area contributed by atoms with Crippen LogP contribution in [0.1, 0.15) is 50.6 Å². The average molecular weight is 480 g/mol. The Morgan fingerprint density at radius 1 is 1.24 bits per heavy atom. The number of hydrogen-bond acceptors (Lipinski definition) is 4. The Bertz CT molecular complexity index is 1340. The van der Waals surface area contributed by atoms with E-state index in [-0.39, 0.29) is 5.57 Å². The average Bonchev–Trinajstić information content (AvgIpc) is 3.28. The number of amides is 1. The van der Waals surface area contributed by atoms with Crippen molar-refractivity contribution >= 4 is 46.6 Å². The van der Waals surface area contributed by atoms with Crippen molar-refractivity contribution in [2.24, 2.45) is 0 Å². The van der Waals surface area contributed by atoms with Crippen molar-refractivity contribution in [1.82, 2.24) is 4.57 Å². The minimum Gasteiger partial charge on any atom is -0.478 e. The Labute approximate surface area is 200 Å². The first kappa shape index (κ1) is 22.8. The lowest BCUT2D eigenvalue weighted by Crippen LogP contribution is -2.13. The molecule has 0 spiro atoms. The van der Waals surface area contributed by atoms with E-state index < -0.39 is 11.9 Å². The van der Waals surface area contributed by atoms with Crippen LogP contribution in [0.25, 0.3) is 11.1 Å². The second-order valence-corrected chi connectivity index (χ2v) is 9.51. The predicted molar refractivity (Wildman–Crippen MR) is 130 cm³/mol. The van der Waals surface area contributed by atoms with Crippen LogP contribution in [0.3, 0.4) is 0 Å². The van der Waals surface area contributed by atoms with E-state index >= 15 is 0 Å². The number of nitrogens with zero attached hydrogens (tertiary/aromatic N) is 2. The van der Waals surface area contributed by atoms with Crippen molar-refractivity contribution in [1.29, 1.82) is 5.26 Å². The maximum Gasteiger partial charge on any atom is 0.339 e. The summed E-state index contributed by atoms with van der Waals surface area (Å²) in [5.41, 5.74) is 4.05. The van der Waals surface area contributed by atoms with E-state index in [4.69, 9.17) is 11.6 Å². The normalized spacial score (nSPS) is 13.3. The predicted octanol–water partition coefficient (Wildman–Crippen LogP) is 5.93.